The summed E-state index contributed by atoms with van der Waals surface area (Å²) in [5.74, 6) is -0.423. The van der Waals surface area contributed by atoms with E-state index >= 15 is 0 Å². The molecule has 1 aliphatic heterocycles. The zero-order valence-corrected chi connectivity index (χ0v) is 15.4. The largest absolute Gasteiger partial charge is 0.508 e. The topological polar surface area (TPSA) is 78.9 Å². The summed E-state index contributed by atoms with van der Waals surface area (Å²) in [5, 5.41) is 12.3. The first kappa shape index (κ1) is 19.2. The number of likely N-dealkylation sites (tertiary alicyclic amines) is 1. The Morgan fingerprint density at radius 2 is 1.96 bits per heavy atom. The van der Waals surface area contributed by atoms with Crippen molar-refractivity contribution in [2.24, 2.45) is 0 Å². The maximum Gasteiger partial charge on any atom is 0.329 e. The number of likely N-dealkylation sites (N-methyl/N-ethyl adjacent to an activating group) is 1. The van der Waals surface area contributed by atoms with Crippen LogP contribution >= 0.6 is 0 Å². The number of phenolic OH excluding ortho intramolecular Hbond substituents is 1. The van der Waals surface area contributed by atoms with Crippen molar-refractivity contribution >= 4 is 11.9 Å². The Kier molecular flexibility index (Phi) is 6.06. The van der Waals surface area contributed by atoms with Crippen LogP contribution in [0.5, 0.6) is 5.75 Å². The van der Waals surface area contributed by atoms with Gasteiger partial charge in [0.1, 0.15) is 17.4 Å². The Hall–Kier alpha value is -2.08. The molecule has 2 atom stereocenters. The van der Waals surface area contributed by atoms with Crippen molar-refractivity contribution in [3.8, 4) is 5.75 Å². The third-order valence-electron chi connectivity index (χ3n) is 4.22. The van der Waals surface area contributed by atoms with Crippen molar-refractivity contribution in [1.29, 1.82) is 0 Å². The van der Waals surface area contributed by atoms with E-state index in [-0.39, 0.29) is 17.7 Å². The second-order valence-electron chi connectivity index (χ2n) is 7.40. The van der Waals surface area contributed by atoms with E-state index in [0.717, 1.165) is 25.1 Å². The third kappa shape index (κ3) is 5.46. The molecular formula is C19H28N2O4. The molecule has 1 heterocycles. The highest BCUT2D eigenvalue weighted by Crippen LogP contribution is 2.18. The first-order valence-electron chi connectivity index (χ1n) is 8.75. The van der Waals surface area contributed by atoms with E-state index in [1.54, 1.807) is 45.0 Å². The smallest absolute Gasteiger partial charge is 0.329 e. The van der Waals surface area contributed by atoms with Crippen LogP contribution in [0.3, 0.4) is 0 Å². The summed E-state index contributed by atoms with van der Waals surface area (Å²) in [6, 6.07) is 5.67. The van der Waals surface area contributed by atoms with Crippen LogP contribution in [0.4, 0.5) is 0 Å². The molecule has 0 bridgehead atoms. The van der Waals surface area contributed by atoms with E-state index in [1.165, 1.54) is 0 Å². The van der Waals surface area contributed by atoms with Gasteiger partial charge in [-0.05, 0) is 51.4 Å². The summed E-state index contributed by atoms with van der Waals surface area (Å²) in [5.41, 5.74) is 0.218. The van der Waals surface area contributed by atoms with Gasteiger partial charge in [-0.1, -0.05) is 19.1 Å². The lowest BCUT2D eigenvalue weighted by Gasteiger charge is -2.39. The minimum absolute atomic E-state index is 0.136. The number of aromatic hydroxyl groups is 1. The van der Waals surface area contributed by atoms with E-state index in [2.05, 4.69) is 10.2 Å². The Morgan fingerprint density at radius 3 is 2.44 bits per heavy atom. The van der Waals surface area contributed by atoms with Crippen LogP contribution in [0.15, 0.2) is 24.3 Å². The lowest BCUT2D eigenvalue weighted by atomic mass is 10.0. The molecule has 1 aromatic rings. The molecule has 1 aliphatic rings. The van der Waals surface area contributed by atoms with Crippen molar-refractivity contribution < 1.29 is 19.4 Å². The van der Waals surface area contributed by atoms with Gasteiger partial charge in [-0.2, -0.15) is 0 Å². The highest BCUT2D eigenvalue weighted by atomic mass is 16.6. The molecule has 138 valence electrons. The first-order valence-corrected chi connectivity index (χ1v) is 8.75. The molecule has 1 fully saturated rings. The monoisotopic (exact) mass is 348 g/mol. The number of ether oxygens (including phenoxy) is 1. The van der Waals surface area contributed by atoms with Gasteiger partial charge >= 0.3 is 5.97 Å². The zero-order valence-electron chi connectivity index (χ0n) is 15.4. The van der Waals surface area contributed by atoms with Crippen LogP contribution in [0.25, 0.3) is 0 Å². The standard InChI is InChI=1S/C19H28N2O4/c1-5-21-11-10-16(21)17(23)20-15(18(24)25-19(2,3)4)12-13-6-8-14(22)9-7-13/h6-9,15-16,22H,5,10-12H2,1-4H3,(H,20,23)/t15-,16?/m0/s1. The first-order chi connectivity index (χ1) is 11.7. The van der Waals surface area contributed by atoms with E-state index in [0.29, 0.717) is 6.42 Å². The van der Waals surface area contributed by atoms with Gasteiger partial charge in [-0.25, -0.2) is 4.79 Å². The SMILES string of the molecule is CCN1CCC1C(=O)N[C@@H](Cc1ccc(O)cc1)C(=O)OC(C)(C)C. The predicted molar refractivity (Wildman–Crippen MR) is 95.2 cm³/mol. The number of rotatable bonds is 6. The van der Waals surface area contributed by atoms with E-state index in [9.17, 15) is 14.7 Å². The Balaban J connectivity index is 2.09. The minimum atomic E-state index is -0.754. The summed E-state index contributed by atoms with van der Waals surface area (Å²) in [6.07, 6.45) is 1.12. The van der Waals surface area contributed by atoms with Crippen molar-refractivity contribution in [1.82, 2.24) is 10.2 Å². The second-order valence-corrected chi connectivity index (χ2v) is 7.40. The van der Waals surface area contributed by atoms with Crippen molar-refractivity contribution in [2.75, 3.05) is 13.1 Å². The zero-order chi connectivity index (χ0) is 18.6. The fraction of sp³-hybridized carbons (Fsp3) is 0.579. The van der Waals surface area contributed by atoms with Crippen LogP contribution < -0.4 is 5.32 Å². The number of nitrogens with zero attached hydrogens (tertiary/aromatic N) is 1. The molecule has 1 unspecified atom stereocenters. The number of carbonyl (C=O) groups is 2. The molecule has 1 aromatic carbocycles. The van der Waals surface area contributed by atoms with E-state index in [1.807, 2.05) is 6.92 Å². The quantitative estimate of drug-likeness (QED) is 0.767. The fourth-order valence-corrected chi connectivity index (χ4v) is 2.82. The minimum Gasteiger partial charge on any atom is -0.508 e. The second kappa shape index (κ2) is 7.87. The molecule has 0 saturated carbocycles. The highest BCUT2D eigenvalue weighted by Gasteiger charge is 2.35. The average molecular weight is 348 g/mol. The molecule has 0 aliphatic carbocycles. The number of benzene rings is 1. The molecule has 0 spiro atoms. The molecule has 0 aromatic heterocycles. The molecule has 2 rings (SSSR count). The maximum absolute atomic E-state index is 12.5. The molecule has 0 radical (unpaired) electrons. The molecule has 6 heteroatoms. The van der Waals surface area contributed by atoms with Crippen molar-refractivity contribution in [3.63, 3.8) is 0 Å². The highest BCUT2D eigenvalue weighted by molar-refractivity contribution is 5.88. The number of carbonyl (C=O) groups excluding carboxylic acids is 2. The predicted octanol–water partition coefficient (Wildman–Crippen LogP) is 1.86. The Labute approximate surface area is 149 Å². The van der Waals surface area contributed by atoms with Crippen LogP contribution in [-0.2, 0) is 20.7 Å². The van der Waals surface area contributed by atoms with Crippen molar-refractivity contribution in [2.45, 2.75) is 58.2 Å². The fourth-order valence-electron chi connectivity index (χ4n) is 2.82. The number of esters is 1. The molecule has 1 saturated heterocycles. The molecular weight excluding hydrogens is 320 g/mol. The van der Waals surface area contributed by atoms with Crippen molar-refractivity contribution in [3.05, 3.63) is 29.8 Å². The summed E-state index contributed by atoms with van der Waals surface area (Å²) in [6.45, 7) is 9.14. The van der Waals surface area contributed by atoms with Gasteiger partial charge in [0.15, 0.2) is 0 Å². The van der Waals surface area contributed by atoms with Crippen LogP contribution in [0, 0.1) is 0 Å². The summed E-state index contributed by atoms with van der Waals surface area (Å²) < 4.78 is 5.46. The number of nitrogens with one attached hydrogen (secondary N) is 1. The number of amides is 1. The van der Waals surface area contributed by atoms with Gasteiger partial charge in [0.25, 0.3) is 0 Å². The number of hydrogen-bond acceptors (Lipinski definition) is 5. The van der Waals surface area contributed by atoms with Crippen LogP contribution in [0.1, 0.15) is 39.7 Å². The Bertz CT molecular complexity index is 605. The van der Waals surface area contributed by atoms with Gasteiger partial charge in [0.05, 0.1) is 6.04 Å². The van der Waals surface area contributed by atoms with Crippen LogP contribution in [0.2, 0.25) is 0 Å². The Morgan fingerprint density at radius 1 is 1.32 bits per heavy atom. The molecule has 1 amide bonds. The molecule has 2 N–H and O–H groups in total. The summed E-state index contributed by atoms with van der Waals surface area (Å²) in [7, 11) is 0. The van der Waals surface area contributed by atoms with E-state index in [4.69, 9.17) is 4.74 Å². The van der Waals surface area contributed by atoms with Gasteiger partial charge in [0, 0.05) is 13.0 Å². The number of phenols is 1. The molecule has 6 nitrogen and oxygen atoms in total. The van der Waals surface area contributed by atoms with Gasteiger partial charge in [0.2, 0.25) is 5.91 Å². The number of hydrogen-bond donors (Lipinski definition) is 2. The van der Waals surface area contributed by atoms with Gasteiger partial charge in [-0.3, -0.25) is 9.69 Å². The molecule has 25 heavy (non-hydrogen) atoms. The lowest BCUT2D eigenvalue weighted by Crippen LogP contribution is -2.58. The summed E-state index contributed by atoms with van der Waals surface area (Å²) >= 11 is 0. The van der Waals surface area contributed by atoms with Gasteiger partial charge < -0.3 is 15.2 Å². The van der Waals surface area contributed by atoms with E-state index < -0.39 is 17.6 Å². The van der Waals surface area contributed by atoms with Gasteiger partial charge in [-0.15, -0.1) is 0 Å². The average Bonchev–Trinajstić information content (AvgIpc) is 2.46. The normalized spacial score (nSPS) is 19.0. The third-order valence-corrected chi connectivity index (χ3v) is 4.22. The summed E-state index contributed by atoms with van der Waals surface area (Å²) in [4.78, 5) is 27.1. The lowest BCUT2D eigenvalue weighted by molar-refractivity contribution is -0.159. The van der Waals surface area contributed by atoms with Crippen LogP contribution in [-0.4, -0.2) is 52.7 Å². The maximum atomic E-state index is 12.5.